The van der Waals surface area contributed by atoms with Crippen LogP contribution in [0.5, 0.6) is 5.75 Å². The summed E-state index contributed by atoms with van der Waals surface area (Å²) in [6.45, 7) is 6.65. The summed E-state index contributed by atoms with van der Waals surface area (Å²) >= 11 is 0. The van der Waals surface area contributed by atoms with E-state index in [1.165, 1.54) is 0 Å². The van der Waals surface area contributed by atoms with E-state index in [4.69, 9.17) is 18.5 Å². The van der Waals surface area contributed by atoms with E-state index in [1.54, 1.807) is 18.7 Å². The normalized spacial score (nSPS) is 17.5. The molecule has 12 nitrogen and oxygen atoms in total. The molecular weight excluding hydrogens is 613 g/mol. The number of ether oxygens (including phenoxy) is 2. The molecule has 46 heavy (non-hydrogen) atoms. The fraction of sp³-hybridized carbons (Fsp3) is 0.727. The predicted octanol–water partition coefficient (Wildman–Crippen LogP) is 5.51. The first kappa shape index (κ1) is 37.8. The lowest BCUT2D eigenvalue weighted by Crippen LogP contribution is -2.53. The standard InChI is InChI=1S/C33H54N3O9P/c1-4-7-13-21-43-33(40)35-28(23-25-14-9-8-10-15-25)31(38)34-27(32(39)46(41,44-5-2)45-6-3)18-19-30(37)36-20-22-42-29-17-12-11-16-26(29)24-36/h11-12,16-17,25,27-28,32,39H,4-10,13-15,18-24H2,1-3H3,(H,34,38)(H,35,40)/t27-,28-,32?/m0/s1. The van der Waals surface area contributed by atoms with Crippen LogP contribution in [-0.4, -0.2) is 78.8 Å². The molecule has 0 bridgehead atoms. The van der Waals surface area contributed by atoms with Crippen molar-refractivity contribution in [2.45, 2.75) is 116 Å². The van der Waals surface area contributed by atoms with E-state index in [9.17, 15) is 24.1 Å². The molecule has 260 valence electrons. The number of carbonyl (C=O) groups is 3. The summed E-state index contributed by atoms with van der Waals surface area (Å²) in [5, 5.41) is 16.9. The largest absolute Gasteiger partial charge is 0.491 e. The molecule has 1 unspecified atom stereocenters. The summed E-state index contributed by atoms with van der Waals surface area (Å²) < 4.78 is 35.6. The number of carbonyl (C=O) groups excluding carboxylic acids is 3. The van der Waals surface area contributed by atoms with Gasteiger partial charge in [-0.2, -0.15) is 0 Å². The molecule has 1 heterocycles. The second kappa shape index (κ2) is 19.9. The van der Waals surface area contributed by atoms with Crippen LogP contribution in [0.1, 0.15) is 97.0 Å². The molecule has 3 N–H and O–H groups in total. The van der Waals surface area contributed by atoms with Crippen LogP contribution in [0.3, 0.4) is 0 Å². The highest BCUT2D eigenvalue weighted by molar-refractivity contribution is 7.54. The molecule has 1 aromatic rings. The smallest absolute Gasteiger partial charge is 0.407 e. The molecule has 0 aromatic heterocycles. The van der Waals surface area contributed by atoms with Crippen LogP contribution in [0.15, 0.2) is 24.3 Å². The number of hydrogen-bond acceptors (Lipinski definition) is 9. The van der Waals surface area contributed by atoms with Crippen molar-refractivity contribution in [2.75, 3.05) is 33.0 Å². The van der Waals surface area contributed by atoms with Gasteiger partial charge in [0.2, 0.25) is 11.8 Å². The maximum atomic E-state index is 13.8. The molecule has 0 saturated heterocycles. The maximum absolute atomic E-state index is 13.8. The van der Waals surface area contributed by atoms with Gasteiger partial charge in [-0.15, -0.1) is 0 Å². The number of nitrogens with zero attached hydrogens (tertiary/aromatic N) is 1. The Hall–Kier alpha value is -2.66. The first-order valence-corrected chi connectivity index (χ1v) is 18.6. The third kappa shape index (κ3) is 11.9. The van der Waals surface area contributed by atoms with Gasteiger partial charge in [0.15, 0.2) is 5.85 Å². The van der Waals surface area contributed by atoms with Gasteiger partial charge < -0.3 is 39.2 Å². The van der Waals surface area contributed by atoms with Gasteiger partial charge in [0, 0.05) is 18.5 Å². The Morgan fingerprint density at radius 3 is 2.46 bits per heavy atom. The average molecular weight is 668 g/mol. The third-order valence-corrected chi connectivity index (χ3v) is 10.7. The minimum Gasteiger partial charge on any atom is -0.491 e. The highest BCUT2D eigenvalue weighted by Gasteiger charge is 2.42. The molecule has 1 aromatic carbocycles. The summed E-state index contributed by atoms with van der Waals surface area (Å²) in [5.74, 6) is -1.53. The molecule has 0 radical (unpaired) electrons. The van der Waals surface area contributed by atoms with E-state index in [2.05, 4.69) is 17.6 Å². The second-order valence-electron chi connectivity index (χ2n) is 12.0. The number of fused-ring (bicyclic) bond motifs is 1. The van der Waals surface area contributed by atoms with Crippen molar-refractivity contribution in [3.8, 4) is 5.75 Å². The van der Waals surface area contributed by atoms with Crippen molar-refractivity contribution in [2.24, 2.45) is 5.92 Å². The van der Waals surface area contributed by atoms with Crippen LogP contribution in [0.4, 0.5) is 4.79 Å². The molecule has 3 rings (SSSR count). The van der Waals surface area contributed by atoms with Crippen LogP contribution in [-0.2, 0) is 34.5 Å². The van der Waals surface area contributed by atoms with E-state index < -0.39 is 37.5 Å². The first-order valence-electron chi connectivity index (χ1n) is 17.0. The Kier molecular flexibility index (Phi) is 16.3. The predicted molar refractivity (Wildman–Crippen MR) is 174 cm³/mol. The summed E-state index contributed by atoms with van der Waals surface area (Å²) in [6, 6.07) is 5.43. The van der Waals surface area contributed by atoms with Crippen LogP contribution in [0.25, 0.3) is 0 Å². The SMILES string of the molecule is CCCCCOC(=O)N[C@@H](CC1CCCCC1)C(=O)N[C@@H](CCC(=O)N1CCOc2ccccc2C1)C(O)P(=O)(OCC)OCC. The number of amides is 3. The van der Waals surface area contributed by atoms with E-state index in [-0.39, 0.29) is 44.5 Å². The summed E-state index contributed by atoms with van der Waals surface area (Å²) in [6.07, 6.45) is 7.42. The van der Waals surface area contributed by atoms with Crippen LogP contribution < -0.4 is 15.4 Å². The van der Waals surface area contributed by atoms with Gasteiger partial charge in [-0.05, 0) is 45.1 Å². The third-order valence-electron chi connectivity index (χ3n) is 8.49. The summed E-state index contributed by atoms with van der Waals surface area (Å²) in [4.78, 5) is 41.7. The van der Waals surface area contributed by atoms with Crippen molar-refractivity contribution < 1.29 is 42.6 Å². The Labute approximate surface area is 273 Å². The summed E-state index contributed by atoms with van der Waals surface area (Å²) in [7, 11) is -4.10. The van der Waals surface area contributed by atoms with Gasteiger partial charge in [-0.3, -0.25) is 14.2 Å². The molecule has 13 heteroatoms. The van der Waals surface area contributed by atoms with Gasteiger partial charge in [-0.1, -0.05) is 70.1 Å². The average Bonchev–Trinajstić information content (AvgIpc) is 3.28. The number of alkyl carbamates (subject to hydrolysis) is 1. The van der Waals surface area contributed by atoms with Crippen molar-refractivity contribution >= 4 is 25.5 Å². The lowest BCUT2D eigenvalue weighted by Gasteiger charge is -2.32. The van der Waals surface area contributed by atoms with E-state index in [0.717, 1.165) is 62.7 Å². The molecule has 1 aliphatic heterocycles. The van der Waals surface area contributed by atoms with E-state index in [1.807, 2.05) is 24.3 Å². The zero-order valence-electron chi connectivity index (χ0n) is 27.7. The quantitative estimate of drug-likeness (QED) is 0.136. The number of aliphatic hydroxyl groups is 1. The topological polar surface area (TPSA) is 153 Å². The van der Waals surface area contributed by atoms with Crippen molar-refractivity contribution in [3.05, 3.63) is 29.8 Å². The number of rotatable bonds is 18. The van der Waals surface area contributed by atoms with Crippen molar-refractivity contribution in [1.82, 2.24) is 15.5 Å². The van der Waals surface area contributed by atoms with Crippen LogP contribution >= 0.6 is 7.60 Å². The van der Waals surface area contributed by atoms with Crippen molar-refractivity contribution in [1.29, 1.82) is 0 Å². The Morgan fingerprint density at radius 1 is 1.04 bits per heavy atom. The minimum atomic E-state index is -4.10. The summed E-state index contributed by atoms with van der Waals surface area (Å²) in [5.41, 5.74) is 0.883. The highest BCUT2D eigenvalue weighted by atomic mass is 31.2. The second-order valence-corrected chi connectivity index (χ2v) is 14.1. The molecule has 3 amide bonds. The number of benzene rings is 1. The fourth-order valence-corrected chi connectivity index (χ4v) is 7.78. The van der Waals surface area contributed by atoms with Crippen LogP contribution in [0.2, 0.25) is 0 Å². The Balaban J connectivity index is 1.77. The Morgan fingerprint density at radius 2 is 1.76 bits per heavy atom. The van der Waals surface area contributed by atoms with Gasteiger partial charge in [0.1, 0.15) is 18.4 Å². The van der Waals surface area contributed by atoms with Crippen molar-refractivity contribution in [3.63, 3.8) is 0 Å². The molecule has 2 aliphatic rings. The van der Waals surface area contributed by atoms with E-state index in [0.29, 0.717) is 26.1 Å². The number of hydrogen-bond donors (Lipinski definition) is 3. The van der Waals surface area contributed by atoms with Gasteiger partial charge in [0.05, 0.1) is 32.4 Å². The number of nitrogens with one attached hydrogen (secondary N) is 2. The Bertz CT molecular complexity index is 1140. The van der Waals surface area contributed by atoms with E-state index >= 15 is 0 Å². The first-order chi connectivity index (χ1) is 22.2. The molecule has 1 aliphatic carbocycles. The van der Waals surface area contributed by atoms with Gasteiger partial charge in [-0.25, -0.2) is 4.79 Å². The number of para-hydroxylation sites is 1. The van der Waals surface area contributed by atoms with Crippen LogP contribution in [0, 0.1) is 5.92 Å². The number of unbranched alkanes of at least 4 members (excludes halogenated alkanes) is 2. The zero-order chi connectivity index (χ0) is 33.4. The molecular formula is C33H54N3O9P. The van der Waals surface area contributed by atoms with Gasteiger partial charge in [0.25, 0.3) is 0 Å². The molecule has 1 saturated carbocycles. The number of aliphatic hydroxyl groups excluding tert-OH is 1. The lowest BCUT2D eigenvalue weighted by atomic mass is 9.84. The minimum absolute atomic E-state index is 0.0108. The molecule has 0 spiro atoms. The zero-order valence-corrected chi connectivity index (χ0v) is 28.6. The maximum Gasteiger partial charge on any atom is 0.407 e. The fourth-order valence-electron chi connectivity index (χ4n) is 6.01. The molecule has 3 atom stereocenters. The van der Waals surface area contributed by atoms with Gasteiger partial charge >= 0.3 is 13.7 Å². The lowest BCUT2D eigenvalue weighted by molar-refractivity contribution is -0.133. The highest BCUT2D eigenvalue weighted by Crippen LogP contribution is 2.53. The molecule has 1 fully saturated rings. The monoisotopic (exact) mass is 667 g/mol.